The van der Waals surface area contributed by atoms with Crippen LogP contribution in [0.5, 0.6) is 11.5 Å². The average molecular weight is 496 g/mol. The van der Waals surface area contributed by atoms with E-state index < -0.39 is 6.04 Å². The van der Waals surface area contributed by atoms with Crippen molar-refractivity contribution in [2.45, 2.75) is 33.7 Å². The highest BCUT2D eigenvalue weighted by Gasteiger charge is 2.34. The highest BCUT2D eigenvalue weighted by Crippen LogP contribution is 2.34. The van der Waals surface area contributed by atoms with Crippen molar-refractivity contribution < 1.29 is 23.8 Å². The van der Waals surface area contributed by atoms with Gasteiger partial charge in [-0.2, -0.15) is 0 Å². The zero-order chi connectivity index (χ0) is 25.1. The SMILES string of the molecule is CCN1C(=S)N[C@H](c2cccc(NC(=O)c3ccc4c(c3)OCO4)c2)C(C(=O)OCC(C)C)=C1C. The Kier molecular flexibility index (Phi) is 7.25. The summed E-state index contributed by atoms with van der Waals surface area (Å²) >= 11 is 5.57. The maximum Gasteiger partial charge on any atom is 0.338 e. The van der Waals surface area contributed by atoms with Gasteiger partial charge in [0.15, 0.2) is 16.6 Å². The van der Waals surface area contributed by atoms with Gasteiger partial charge in [0.2, 0.25) is 6.79 Å². The number of rotatable bonds is 7. The molecule has 1 atom stereocenters. The number of ether oxygens (including phenoxy) is 3. The lowest BCUT2D eigenvalue weighted by molar-refractivity contribution is -0.140. The average Bonchev–Trinajstić information content (AvgIpc) is 3.30. The number of nitrogens with one attached hydrogen (secondary N) is 2. The first-order valence-electron chi connectivity index (χ1n) is 11.5. The summed E-state index contributed by atoms with van der Waals surface area (Å²) in [6, 6.07) is 11.9. The van der Waals surface area contributed by atoms with Crippen LogP contribution in [0.1, 0.15) is 49.7 Å². The van der Waals surface area contributed by atoms with Crippen molar-refractivity contribution in [3.8, 4) is 11.5 Å². The van der Waals surface area contributed by atoms with E-state index in [1.807, 2.05) is 50.8 Å². The number of nitrogens with zero attached hydrogens (tertiary/aromatic N) is 1. The summed E-state index contributed by atoms with van der Waals surface area (Å²) in [7, 11) is 0. The van der Waals surface area contributed by atoms with Crippen LogP contribution in [-0.2, 0) is 9.53 Å². The monoisotopic (exact) mass is 495 g/mol. The van der Waals surface area contributed by atoms with Crippen LogP contribution >= 0.6 is 12.2 Å². The summed E-state index contributed by atoms with van der Waals surface area (Å²) < 4.78 is 16.3. The molecule has 2 aliphatic rings. The number of carbonyl (C=O) groups excluding carboxylic acids is 2. The van der Waals surface area contributed by atoms with Gasteiger partial charge in [-0.1, -0.05) is 26.0 Å². The van der Waals surface area contributed by atoms with E-state index in [0.29, 0.717) is 46.6 Å². The molecule has 0 fully saturated rings. The molecule has 8 nitrogen and oxygen atoms in total. The molecule has 2 aromatic carbocycles. The lowest BCUT2D eigenvalue weighted by Crippen LogP contribution is -2.47. The van der Waals surface area contributed by atoms with Gasteiger partial charge in [-0.15, -0.1) is 0 Å². The van der Waals surface area contributed by atoms with Gasteiger partial charge in [0.25, 0.3) is 5.91 Å². The van der Waals surface area contributed by atoms with E-state index in [2.05, 4.69) is 10.6 Å². The van der Waals surface area contributed by atoms with Gasteiger partial charge in [0, 0.05) is 23.5 Å². The largest absolute Gasteiger partial charge is 0.462 e. The topological polar surface area (TPSA) is 89.1 Å². The van der Waals surface area contributed by atoms with Crippen molar-refractivity contribution in [3.63, 3.8) is 0 Å². The van der Waals surface area contributed by atoms with Crippen LogP contribution < -0.4 is 20.1 Å². The molecule has 0 radical (unpaired) electrons. The van der Waals surface area contributed by atoms with Gasteiger partial charge in [0.1, 0.15) is 0 Å². The summed E-state index contributed by atoms with van der Waals surface area (Å²) in [5.41, 5.74) is 3.07. The van der Waals surface area contributed by atoms with Gasteiger partial charge in [-0.3, -0.25) is 4.79 Å². The van der Waals surface area contributed by atoms with E-state index in [1.54, 1.807) is 24.3 Å². The lowest BCUT2D eigenvalue weighted by Gasteiger charge is -2.37. The molecule has 1 amide bonds. The molecule has 2 aliphatic heterocycles. The summed E-state index contributed by atoms with van der Waals surface area (Å²) in [5, 5.41) is 6.73. The normalized spacial score (nSPS) is 16.9. The first-order chi connectivity index (χ1) is 16.8. The molecule has 0 aromatic heterocycles. The summed E-state index contributed by atoms with van der Waals surface area (Å²) in [5.74, 6) is 0.699. The van der Waals surface area contributed by atoms with Crippen molar-refractivity contribution >= 4 is 34.9 Å². The smallest absolute Gasteiger partial charge is 0.338 e. The predicted molar refractivity (Wildman–Crippen MR) is 136 cm³/mol. The minimum absolute atomic E-state index is 0.142. The second kappa shape index (κ2) is 10.4. The Morgan fingerprint density at radius 2 is 1.97 bits per heavy atom. The van der Waals surface area contributed by atoms with Gasteiger partial charge >= 0.3 is 5.97 Å². The fraction of sp³-hybridized carbons (Fsp3) is 0.346. The third kappa shape index (κ3) is 5.24. The Morgan fingerprint density at radius 3 is 2.71 bits per heavy atom. The first-order valence-corrected chi connectivity index (χ1v) is 12.0. The minimum Gasteiger partial charge on any atom is -0.462 e. The highest BCUT2D eigenvalue weighted by atomic mass is 32.1. The third-order valence-electron chi connectivity index (χ3n) is 5.79. The fourth-order valence-electron chi connectivity index (χ4n) is 4.03. The van der Waals surface area contributed by atoms with E-state index in [4.69, 9.17) is 26.4 Å². The molecular formula is C26H29N3O5S. The molecule has 0 saturated heterocycles. The third-order valence-corrected chi connectivity index (χ3v) is 6.13. The van der Waals surface area contributed by atoms with E-state index in [1.165, 1.54) is 0 Å². The van der Waals surface area contributed by atoms with Crippen LogP contribution in [-0.4, -0.2) is 41.8 Å². The molecule has 184 valence electrons. The van der Waals surface area contributed by atoms with Crippen LogP contribution in [0, 0.1) is 5.92 Å². The number of amides is 1. The molecule has 0 spiro atoms. The number of carbonyl (C=O) groups is 2. The molecular weight excluding hydrogens is 466 g/mol. The molecule has 2 aromatic rings. The van der Waals surface area contributed by atoms with Crippen LogP contribution in [0.15, 0.2) is 53.7 Å². The maximum absolute atomic E-state index is 13.1. The number of anilines is 1. The van der Waals surface area contributed by atoms with Crippen LogP contribution in [0.3, 0.4) is 0 Å². The molecule has 0 aliphatic carbocycles. The van der Waals surface area contributed by atoms with Gasteiger partial charge in [-0.25, -0.2) is 4.79 Å². The molecule has 35 heavy (non-hydrogen) atoms. The lowest BCUT2D eigenvalue weighted by atomic mass is 9.94. The number of benzene rings is 2. The van der Waals surface area contributed by atoms with Crippen molar-refractivity contribution in [2.24, 2.45) is 5.92 Å². The van der Waals surface area contributed by atoms with Gasteiger partial charge in [0.05, 0.1) is 18.2 Å². The van der Waals surface area contributed by atoms with Crippen molar-refractivity contribution in [1.29, 1.82) is 0 Å². The van der Waals surface area contributed by atoms with Crippen molar-refractivity contribution in [1.82, 2.24) is 10.2 Å². The van der Waals surface area contributed by atoms with Crippen LogP contribution in [0.25, 0.3) is 0 Å². The Bertz CT molecular complexity index is 1190. The van der Waals surface area contributed by atoms with Crippen LogP contribution in [0.2, 0.25) is 0 Å². The molecule has 2 N–H and O–H groups in total. The van der Waals surface area contributed by atoms with Gasteiger partial charge < -0.3 is 29.7 Å². The van der Waals surface area contributed by atoms with E-state index >= 15 is 0 Å². The zero-order valence-electron chi connectivity index (χ0n) is 20.2. The minimum atomic E-state index is -0.507. The first kappa shape index (κ1) is 24.5. The number of thiocarbonyl (C=S) groups is 1. The highest BCUT2D eigenvalue weighted by molar-refractivity contribution is 7.80. The standard InChI is InChI=1S/C26H29N3O5S/c1-5-29-16(4)22(25(31)32-13-15(2)3)23(28-26(29)35)17-7-6-8-19(11-17)27-24(30)18-9-10-20-21(12-18)34-14-33-20/h6-12,15,23H,5,13-14H2,1-4H3,(H,27,30)(H,28,35)/t23-/m1/s1. The Morgan fingerprint density at radius 1 is 1.20 bits per heavy atom. The number of fused-ring (bicyclic) bond motifs is 1. The molecule has 0 unspecified atom stereocenters. The summed E-state index contributed by atoms with van der Waals surface area (Å²) in [6.07, 6.45) is 0. The van der Waals surface area contributed by atoms with E-state index in [9.17, 15) is 9.59 Å². The van der Waals surface area contributed by atoms with E-state index in [0.717, 1.165) is 11.3 Å². The fourth-order valence-corrected chi connectivity index (χ4v) is 4.42. The Balaban J connectivity index is 1.60. The summed E-state index contributed by atoms with van der Waals surface area (Å²) in [6.45, 7) is 8.92. The van der Waals surface area contributed by atoms with E-state index in [-0.39, 0.29) is 24.6 Å². The number of esters is 1. The Labute approximate surface area is 210 Å². The molecule has 4 rings (SSSR count). The number of allylic oxidation sites excluding steroid dienone is 1. The quantitative estimate of drug-likeness (QED) is 0.432. The van der Waals surface area contributed by atoms with Crippen LogP contribution in [0.4, 0.5) is 5.69 Å². The zero-order valence-corrected chi connectivity index (χ0v) is 21.0. The molecule has 9 heteroatoms. The molecule has 2 heterocycles. The van der Waals surface area contributed by atoms with Crippen molar-refractivity contribution in [2.75, 3.05) is 25.3 Å². The molecule has 0 bridgehead atoms. The maximum atomic E-state index is 13.1. The number of hydrogen-bond donors (Lipinski definition) is 2. The van der Waals surface area contributed by atoms with Crippen molar-refractivity contribution in [3.05, 3.63) is 64.9 Å². The summed E-state index contributed by atoms with van der Waals surface area (Å²) in [4.78, 5) is 27.9. The second-order valence-corrected chi connectivity index (χ2v) is 9.15. The molecule has 0 saturated carbocycles. The second-order valence-electron chi connectivity index (χ2n) is 8.77. The predicted octanol–water partition coefficient (Wildman–Crippen LogP) is 4.39. The van der Waals surface area contributed by atoms with Gasteiger partial charge in [-0.05, 0) is 67.9 Å². The Hall–Kier alpha value is -3.59. The number of hydrogen-bond acceptors (Lipinski definition) is 6.